The van der Waals surface area contributed by atoms with Crippen molar-refractivity contribution in [3.8, 4) is 5.75 Å². The third kappa shape index (κ3) is 3.59. The standard InChI is InChI=1S/C18H19ClN2O2/c1-23-15-8-6-14(7-9-15)20-18(22)13-10-11-21(12-13)17-5-3-2-4-16(17)19/h2-9,13H,10-12H2,1H3,(H,20,22). The molecule has 1 saturated heterocycles. The first kappa shape index (κ1) is 15.7. The van der Waals surface area contributed by atoms with Gasteiger partial charge in [0.15, 0.2) is 0 Å². The molecule has 0 aromatic heterocycles. The molecule has 1 unspecified atom stereocenters. The predicted octanol–water partition coefficient (Wildman–Crippen LogP) is 3.81. The van der Waals surface area contributed by atoms with Crippen LogP contribution in [0.15, 0.2) is 48.5 Å². The monoisotopic (exact) mass is 330 g/mol. The minimum atomic E-state index is -0.0339. The lowest BCUT2D eigenvalue weighted by atomic mass is 10.1. The number of nitrogens with one attached hydrogen (secondary N) is 1. The zero-order valence-corrected chi connectivity index (χ0v) is 13.7. The number of nitrogens with zero attached hydrogens (tertiary/aromatic N) is 1. The van der Waals surface area contributed by atoms with Gasteiger partial charge in [0.25, 0.3) is 0 Å². The molecule has 1 N–H and O–H groups in total. The summed E-state index contributed by atoms with van der Waals surface area (Å²) < 4.78 is 5.12. The quantitative estimate of drug-likeness (QED) is 0.926. The maximum atomic E-state index is 12.4. The van der Waals surface area contributed by atoms with E-state index in [0.717, 1.165) is 35.1 Å². The highest BCUT2D eigenvalue weighted by molar-refractivity contribution is 6.33. The van der Waals surface area contributed by atoms with Crippen LogP contribution in [0.1, 0.15) is 6.42 Å². The predicted molar refractivity (Wildman–Crippen MR) is 93.4 cm³/mol. The van der Waals surface area contributed by atoms with Gasteiger partial charge in [-0.3, -0.25) is 4.79 Å². The number of benzene rings is 2. The van der Waals surface area contributed by atoms with Crippen molar-refractivity contribution in [2.24, 2.45) is 5.92 Å². The Morgan fingerprint density at radius 1 is 1.22 bits per heavy atom. The Morgan fingerprint density at radius 2 is 1.96 bits per heavy atom. The maximum Gasteiger partial charge on any atom is 0.229 e. The van der Waals surface area contributed by atoms with Crippen LogP contribution in [0, 0.1) is 5.92 Å². The highest BCUT2D eigenvalue weighted by Crippen LogP contribution is 2.30. The molecule has 5 heteroatoms. The van der Waals surface area contributed by atoms with Gasteiger partial charge in [-0.1, -0.05) is 23.7 Å². The first-order valence-corrected chi connectivity index (χ1v) is 7.99. The van der Waals surface area contributed by atoms with E-state index in [2.05, 4.69) is 10.2 Å². The number of para-hydroxylation sites is 1. The minimum absolute atomic E-state index is 0.0339. The number of methoxy groups -OCH3 is 1. The van der Waals surface area contributed by atoms with Gasteiger partial charge >= 0.3 is 0 Å². The van der Waals surface area contributed by atoms with Crippen molar-refractivity contribution in [3.05, 3.63) is 53.6 Å². The molecule has 1 aliphatic rings. The zero-order chi connectivity index (χ0) is 16.2. The van der Waals surface area contributed by atoms with Crippen LogP contribution >= 0.6 is 11.6 Å². The molecule has 2 aromatic rings. The van der Waals surface area contributed by atoms with Gasteiger partial charge in [0, 0.05) is 18.8 Å². The molecular formula is C18H19ClN2O2. The average Bonchev–Trinajstić information content (AvgIpc) is 3.06. The summed E-state index contributed by atoms with van der Waals surface area (Å²) in [6, 6.07) is 15.1. The van der Waals surface area contributed by atoms with Crippen molar-refractivity contribution < 1.29 is 9.53 Å². The fraction of sp³-hybridized carbons (Fsp3) is 0.278. The van der Waals surface area contributed by atoms with Gasteiger partial charge in [-0.05, 0) is 42.8 Å². The zero-order valence-electron chi connectivity index (χ0n) is 13.0. The lowest BCUT2D eigenvalue weighted by Crippen LogP contribution is -2.27. The number of anilines is 2. The molecule has 0 aliphatic carbocycles. The number of rotatable bonds is 4. The molecule has 0 radical (unpaired) electrons. The lowest BCUT2D eigenvalue weighted by molar-refractivity contribution is -0.119. The van der Waals surface area contributed by atoms with Crippen molar-refractivity contribution in [3.63, 3.8) is 0 Å². The van der Waals surface area contributed by atoms with E-state index in [1.807, 2.05) is 48.5 Å². The molecule has 23 heavy (non-hydrogen) atoms. The largest absolute Gasteiger partial charge is 0.497 e. The fourth-order valence-electron chi connectivity index (χ4n) is 2.82. The number of amides is 1. The van der Waals surface area contributed by atoms with E-state index in [0.29, 0.717) is 6.54 Å². The molecule has 1 amide bonds. The van der Waals surface area contributed by atoms with E-state index < -0.39 is 0 Å². The van der Waals surface area contributed by atoms with Crippen LogP contribution in [0.3, 0.4) is 0 Å². The summed E-state index contributed by atoms with van der Waals surface area (Å²) in [4.78, 5) is 14.6. The van der Waals surface area contributed by atoms with Gasteiger partial charge < -0.3 is 15.0 Å². The van der Waals surface area contributed by atoms with Crippen molar-refractivity contribution in [2.75, 3.05) is 30.4 Å². The summed E-state index contributed by atoms with van der Waals surface area (Å²) in [7, 11) is 1.62. The highest BCUT2D eigenvalue weighted by Gasteiger charge is 2.29. The second-order valence-electron chi connectivity index (χ2n) is 5.60. The number of halogens is 1. The lowest BCUT2D eigenvalue weighted by Gasteiger charge is -2.19. The smallest absolute Gasteiger partial charge is 0.229 e. The molecule has 1 heterocycles. The molecule has 0 bridgehead atoms. The molecule has 1 aliphatic heterocycles. The summed E-state index contributed by atoms with van der Waals surface area (Å²) in [6.07, 6.45) is 0.827. The van der Waals surface area contributed by atoms with E-state index in [1.54, 1.807) is 7.11 Å². The Labute approximate surface area is 141 Å². The molecule has 2 aromatic carbocycles. The number of hydrogen-bond acceptors (Lipinski definition) is 3. The first-order chi connectivity index (χ1) is 11.2. The topological polar surface area (TPSA) is 41.6 Å². The Hall–Kier alpha value is -2.20. The van der Waals surface area contributed by atoms with E-state index >= 15 is 0 Å². The van der Waals surface area contributed by atoms with E-state index in [9.17, 15) is 4.79 Å². The molecule has 4 nitrogen and oxygen atoms in total. The average molecular weight is 331 g/mol. The third-order valence-corrected chi connectivity index (χ3v) is 4.43. The number of carbonyl (C=O) groups excluding carboxylic acids is 1. The van der Waals surface area contributed by atoms with Crippen LogP contribution < -0.4 is 15.0 Å². The van der Waals surface area contributed by atoms with E-state index in [4.69, 9.17) is 16.3 Å². The van der Waals surface area contributed by atoms with Crippen molar-refractivity contribution in [2.45, 2.75) is 6.42 Å². The molecular weight excluding hydrogens is 312 g/mol. The van der Waals surface area contributed by atoms with Gasteiger partial charge in [0.2, 0.25) is 5.91 Å². The molecule has 3 rings (SSSR count). The minimum Gasteiger partial charge on any atom is -0.497 e. The third-order valence-electron chi connectivity index (χ3n) is 4.11. The van der Waals surface area contributed by atoms with Gasteiger partial charge in [0.1, 0.15) is 5.75 Å². The molecule has 1 fully saturated rings. The van der Waals surface area contributed by atoms with E-state index in [1.165, 1.54) is 0 Å². The van der Waals surface area contributed by atoms with Crippen LogP contribution in [0.4, 0.5) is 11.4 Å². The number of hydrogen-bond donors (Lipinski definition) is 1. The maximum absolute atomic E-state index is 12.4. The Kier molecular flexibility index (Phi) is 4.72. The van der Waals surface area contributed by atoms with Crippen molar-refractivity contribution in [1.82, 2.24) is 0 Å². The number of ether oxygens (including phenoxy) is 1. The molecule has 120 valence electrons. The van der Waals surface area contributed by atoms with Gasteiger partial charge in [0.05, 0.1) is 23.7 Å². The Balaban J connectivity index is 1.62. The molecule has 0 saturated carbocycles. The second kappa shape index (κ2) is 6.92. The van der Waals surface area contributed by atoms with Gasteiger partial charge in [-0.15, -0.1) is 0 Å². The highest BCUT2D eigenvalue weighted by atomic mass is 35.5. The van der Waals surface area contributed by atoms with Crippen molar-refractivity contribution in [1.29, 1.82) is 0 Å². The molecule has 0 spiro atoms. The fourth-order valence-corrected chi connectivity index (χ4v) is 3.08. The summed E-state index contributed by atoms with van der Waals surface area (Å²) in [5, 5.41) is 3.69. The molecule has 1 atom stereocenters. The van der Waals surface area contributed by atoms with Crippen LogP contribution in [0.25, 0.3) is 0 Å². The Bertz CT molecular complexity index is 688. The summed E-state index contributed by atoms with van der Waals surface area (Å²) in [6.45, 7) is 1.52. The van der Waals surface area contributed by atoms with Crippen molar-refractivity contribution >= 4 is 28.9 Å². The van der Waals surface area contributed by atoms with Crippen LogP contribution in [0.5, 0.6) is 5.75 Å². The number of carbonyl (C=O) groups is 1. The normalized spacial score (nSPS) is 17.1. The van der Waals surface area contributed by atoms with Gasteiger partial charge in [-0.2, -0.15) is 0 Å². The first-order valence-electron chi connectivity index (χ1n) is 7.62. The van der Waals surface area contributed by atoms with E-state index in [-0.39, 0.29) is 11.8 Å². The summed E-state index contributed by atoms with van der Waals surface area (Å²) in [5.41, 5.74) is 1.78. The second-order valence-corrected chi connectivity index (χ2v) is 6.01. The SMILES string of the molecule is COc1ccc(NC(=O)C2CCN(c3ccccc3Cl)C2)cc1. The van der Waals surface area contributed by atoms with Crippen LogP contribution in [-0.4, -0.2) is 26.1 Å². The summed E-state index contributed by atoms with van der Waals surface area (Å²) in [5.74, 6) is 0.784. The van der Waals surface area contributed by atoms with Gasteiger partial charge in [-0.25, -0.2) is 0 Å². The Morgan fingerprint density at radius 3 is 2.65 bits per heavy atom. The van der Waals surface area contributed by atoms with Crippen LogP contribution in [-0.2, 0) is 4.79 Å². The van der Waals surface area contributed by atoms with Crippen LogP contribution in [0.2, 0.25) is 5.02 Å². The summed E-state index contributed by atoms with van der Waals surface area (Å²) >= 11 is 6.24.